The van der Waals surface area contributed by atoms with Crippen LogP contribution in [0, 0.1) is 12.7 Å². The number of benzene rings is 2. The van der Waals surface area contributed by atoms with Crippen LogP contribution in [0.1, 0.15) is 27.9 Å². The molecule has 0 spiro atoms. The van der Waals surface area contributed by atoms with Gasteiger partial charge in [0.25, 0.3) is 0 Å². The molecule has 2 aromatic rings. The van der Waals surface area contributed by atoms with Gasteiger partial charge in [-0.3, -0.25) is 4.79 Å². The molecule has 0 bridgehead atoms. The van der Waals surface area contributed by atoms with Crippen molar-refractivity contribution in [2.45, 2.75) is 13.3 Å². The Bertz CT molecular complexity index is 712. The molecule has 2 rings (SSSR count). The topological polar surface area (TPSA) is 17.1 Å². The molecule has 0 amide bonds. The summed E-state index contributed by atoms with van der Waals surface area (Å²) in [6.45, 7) is 5.63. The Morgan fingerprint density at radius 3 is 2.18 bits per heavy atom. The molecule has 3 heteroatoms. The number of halogens is 2. The predicted octanol–water partition coefficient (Wildman–Crippen LogP) is 5.54. The average Bonchev–Trinajstić information content (AvgIpc) is 2.53. The number of Topliss-reactive ketones (excluding diaryl/α,β-unsaturated/α-hetero) is 1. The van der Waals surface area contributed by atoms with Gasteiger partial charge in [0.15, 0.2) is 5.78 Å². The third-order valence-corrected chi connectivity index (χ3v) is 3.75. The summed E-state index contributed by atoms with van der Waals surface area (Å²) in [5.74, 6) is -0.488. The van der Waals surface area contributed by atoms with Crippen molar-refractivity contribution in [2.24, 2.45) is 0 Å². The van der Waals surface area contributed by atoms with Crippen molar-refractivity contribution in [3.8, 4) is 0 Å². The summed E-state index contributed by atoms with van der Waals surface area (Å²) in [4.78, 5) is 12.7. The predicted molar refractivity (Wildman–Crippen MR) is 89.5 cm³/mol. The second-order valence-electron chi connectivity index (χ2n) is 4.99. The van der Waals surface area contributed by atoms with Gasteiger partial charge in [0.2, 0.25) is 0 Å². The van der Waals surface area contributed by atoms with E-state index in [1.165, 1.54) is 12.1 Å². The summed E-state index contributed by atoms with van der Waals surface area (Å²) in [5, 5.41) is 0.325. The third-order valence-electron chi connectivity index (χ3n) is 3.30. The molecule has 112 valence electrons. The van der Waals surface area contributed by atoms with Crippen LogP contribution in [0.5, 0.6) is 0 Å². The number of rotatable bonds is 5. The summed E-state index contributed by atoms with van der Waals surface area (Å²) in [6, 6.07) is 13.1. The summed E-state index contributed by atoms with van der Waals surface area (Å²) in [7, 11) is 0. The van der Waals surface area contributed by atoms with E-state index in [-0.39, 0.29) is 11.6 Å². The van der Waals surface area contributed by atoms with Crippen LogP contribution in [-0.4, -0.2) is 5.78 Å². The lowest BCUT2D eigenvalue weighted by molar-refractivity contribution is 0.103. The van der Waals surface area contributed by atoms with Gasteiger partial charge in [-0.15, -0.1) is 6.58 Å². The van der Waals surface area contributed by atoms with E-state index in [1.807, 2.05) is 19.1 Å². The van der Waals surface area contributed by atoms with Crippen molar-refractivity contribution >= 4 is 22.4 Å². The summed E-state index contributed by atoms with van der Waals surface area (Å²) >= 11 is 6.37. The van der Waals surface area contributed by atoms with Crippen molar-refractivity contribution in [3.05, 3.63) is 89.3 Å². The first-order valence-electron chi connectivity index (χ1n) is 6.89. The molecule has 0 atom stereocenters. The Labute approximate surface area is 134 Å². The molecule has 0 aliphatic carbocycles. The fourth-order valence-electron chi connectivity index (χ4n) is 2.08. The lowest BCUT2D eigenvalue weighted by atomic mass is 9.97. The number of aryl methyl sites for hydroxylation is 1. The molecular weight excluding hydrogens is 299 g/mol. The Morgan fingerprint density at radius 1 is 1.09 bits per heavy atom. The van der Waals surface area contributed by atoms with E-state index < -0.39 is 0 Å². The summed E-state index contributed by atoms with van der Waals surface area (Å²) in [6.07, 6.45) is 1.98. The van der Waals surface area contributed by atoms with Crippen molar-refractivity contribution in [1.29, 1.82) is 0 Å². The fourth-order valence-corrected chi connectivity index (χ4v) is 2.36. The zero-order valence-corrected chi connectivity index (χ0v) is 13.0. The van der Waals surface area contributed by atoms with E-state index in [9.17, 15) is 9.18 Å². The highest BCUT2D eigenvalue weighted by Crippen LogP contribution is 2.28. The van der Waals surface area contributed by atoms with Crippen molar-refractivity contribution in [1.82, 2.24) is 0 Å². The van der Waals surface area contributed by atoms with Gasteiger partial charge in [0.1, 0.15) is 5.82 Å². The second kappa shape index (κ2) is 7.19. The molecule has 0 aliphatic heterocycles. The van der Waals surface area contributed by atoms with Crippen LogP contribution >= 0.6 is 11.6 Å². The van der Waals surface area contributed by atoms with Gasteiger partial charge in [-0.1, -0.05) is 59.6 Å². The molecule has 0 saturated heterocycles. The van der Waals surface area contributed by atoms with Gasteiger partial charge < -0.3 is 0 Å². The smallest absolute Gasteiger partial charge is 0.190 e. The SMILES string of the molecule is C=CC/C(C(=O)c1ccc(C)cc1)=C(\Cl)c1ccc(F)cc1. The molecule has 1 nitrogen and oxygen atoms in total. The lowest BCUT2D eigenvalue weighted by Crippen LogP contribution is -2.05. The van der Waals surface area contributed by atoms with Crippen molar-refractivity contribution < 1.29 is 9.18 Å². The first-order chi connectivity index (χ1) is 10.5. The van der Waals surface area contributed by atoms with E-state index in [2.05, 4.69) is 6.58 Å². The maximum absolute atomic E-state index is 13.0. The van der Waals surface area contributed by atoms with Crippen LogP contribution in [0.2, 0.25) is 0 Å². The monoisotopic (exact) mass is 314 g/mol. The van der Waals surface area contributed by atoms with E-state index in [0.29, 0.717) is 28.2 Å². The summed E-state index contributed by atoms with van der Waals surface area (Å²) in [5.41, 5.74) is 2.71. The first kappa shape index (κ1) is 16.2. The van der Waals surface area contributed by atoms with Gasteiger partial charge in [0.05, 0.1) is 5.03 Å². The fraction of sp³-hybridized carbons (Fsp3) is 0.105. The van der Waals surface area contributed by atoms with Crippen LogP contribution in [0.4, 0.5) is 4.39 Å². The zero-order valence-electron chi connectivity index (χ0n) is 12.3. The molecule has 22 heavy (non-hydrogen) atoms. The minimum atomic E-state index is -0.344. The molecule has 0 aliphatic rings. The molecule has 2 aromatic carbocycles. The van der Waals surface area contributed by atoms with Crippen molar-refractivity contribution in [3.63, 3.8) is 0 Å². The quantitative estimate of drug-likeness (QED) is 0.402. The van der Waals surface area contributed by atoms with Gasteiger partial charge in [-0.25, -0.2) is 4.39 Å². The van der Waals surface area contributed by atoms with Crippen LogP contribution in [0.25, 0.3) is 5.03 Å². The standard InChI is InChI=1S/C19H16ClFO/c1-3-4-17(18(20)14-9-11-16(21)12-10-14)19(22)15-7-5-13(2)6-8-15/h3,5-12H,1,4H2,2H3/b18-17+. The minimum Gasteiger partial charge on any atom is -0.289 e. The number of ketones is 1. The molecule has 0 radical (unpaired) electrons. The average molecular weight is 315 g/mol. The number of carbonyl (C=O) groups is 1. The number of hydrogen-bond donors (Lipinski definition) is 0. The third kappa shape index (κ3) is 3.71. The summed E-state index contributed by atoms with van der Waals surface area (Å²) < 4.78 is 13.0. The molecule has 0 saturated carbocycles. The number of carbonyl (C=O) groups excluding carboxylic acids is 1. The molecule has 0 fully saturated rings. The van der Waals surface area contributed by atoms with E-state index in [1.54, 1.807) is 30.3 Å². The molecule has 0 N–H and O–H groups in total. The Balaban J connectivity index is 2.45. The number of allylic oxidation sites excluding steroid dienone is 2. The Hall–Kier alpha value is -2.19. The lowest BCUT2D eigenvalue weighted by Gasteiger charge is -2.09. The molecule has 0 heterocycles. The first-order valence-corrected chi connectivity index (χ1v) is 7.27. The van der Waals surface area contributed by atoms with E-state index >= 15 is 0 Å². The van der Waals surface area contributed by atoms with Crippen LogP contribution in [0.15, 0.2) is 66.8 Å². The second-order valence-corrected chi connectivity index (χ2v) is 5.37. The van der Waals surface area contributed by atoms with Crippen molar-refractivity contribution in [2.75, 3.05) is 0 Å². The van der Waals surface area contributed by atoms with Gasteiger partial charge >= 0.3 is 0 Å². The maximum Gasteiger partial charge on any atom is 0.190 e. The van der Waals surface area contributed by atoms with Crippen LogP contribution in [0.3, 0.4) is 0 Å². The number of hydrogen-bond acceptors (Lipinski definition) is 1. The van der Waals surface area contributed by atoms with Gasteiger partial charge in [-0.2, -0.15) is 0 Å². The highest BCUT2D eigenvalue weighted by molar-refractivity contribution is 6.51. The maximum atomic E-state index is 13.0. The Morgan fingerprint density at radius 2 is 1.64 bits per heavy atom. The largest absolute Gasteiger partial charge is 0.289 e. The minimum absolute atomic E-state index is 0.144. The van der Waals surface area contributed by atoms with Gasteiger partial charge in [0, 0.05) is 11.1 Å². The highest BCUT2D eigenvalue weighted by atomic mass is 35.5. The zero-order chi connectivity index (χ0) is 16.1. The molecule has 0 aromatic heterocycles. The highest BCUT2D eigenvalue weighted by Gasteiger charge is 2.16. The molecule has 0 unspecified atom stereocenters. The van der Waals surface area contributed by atoms with Crippen LogP contribution in [-0.2, 0) is 0 Å². The normalized spacial score (nSPS) is 11.8. The van der Waals surface area contributed by atoms with E-state index in [0.717, 1.165) is 5.56 Å². The van der Waals surface area contributed by atoms with Gasteiger partial charge in [-0.05, 0) is 31.0 Å². The Kier molecular flexibility index (Phi) is 5.29. The van der Waals surface area contributed by atoms with E-state index in [4.69, 9.17) is 11.6 Å². The molecular formula is C19H16ClFO. The van der Waals surface area contributed by atoms with Crippen LogP contribution < -0.4 is 0 Å².